The Bertz CT molecular complexity index is 727. The molecule has 1 aromatic heterocycles. The summed E-state index contributed by atoms with van der Waals surface area (Å²) in [4.78, 5) is 29.8. The number of nitrogens with zero attached hydrogens (tertiary/aromatic N) is 3. The third-order valence-electron chi connectivity index (χ3n) is 3.75. The highest BCUT2D eigenvalue weighted by atomic mass is 16.6. The van der Waals surface area contributed by atoms with E-state index in [1.807, 2.05) is 34.9 Å². The SMILES string of the molecule is CCOC(=O)c1cn2c(n1)CN(C(=O)OCc1ccccc1)CC2. The Morgan fingerprint density at radius 3 is 2.71 bits per heavy atom. The maximum absolute atomic E-state index is 12.2. The van der Waals surface area contributed by atoms with Crippen molar-refractivity contribution in [3.8, 4) is 0 Å². The van der Waals surface area contributed by atoms with E-state index in [9.17, 15) is 9.59 Å². The summed E-state index contributed by atoms with van der Waals surface area (Å²) in [5.41, 5.74) is 1.21. The quantitative estimate of drug-likeness (QED) is 0.804. The number of hydrogen-bond acceptors (Lipinski definition) is 5. The maximum Gasteiger partial charge on any atom is 0.410 e. The second-order valence-electron chi connectivity index (χ2n) is 5.42. The molecule has 0 spiro atoms. The van der Waals surface area contributed by atoms with E-state index < -0.39 is 5.97 Å². The fourth-order valence-electron chi connectivity index (χ4n) is 2.52. The first-order valence-corrected chi connectivity index (χ1v) is 7.86. The molecule has 0 atom stereocenters. The standard InChI is InChI=1S/C17H19N3O4/c1-2-23-16(21)14-10-19-8-9-20(11-15(19)18-14)17(22)24-12-13-6-4-3-5-7-13/h3-7,10H,2,8-9,11-12H2,1H3. The summed E-state index contributed by atoms with van der Waals surface area (Å²) in [6, 6.07) is 9.52. The summed E-state index contributed by atoms with van der Waals surface area (Å²) in [5, 5.41) is 0. The third kappa shape index (κ3) is 3.56. The monoisotopic (exact) mass is 329 g/mol. The number of aromatic nitrogens is 2. The van der Waals surface area contributed by atoms with Crippen LogP contribution >= 0.6 is 0 Å². The van der Waals surface area contributed by atoms with Crippen LogP contribution in [0.1, 0.15) is 28.8 Å². The van der Waals surface area contributed by atoms with Gasteiger partial charge in [-0.25, -0.2) is 14.6 Å². The van der Waals surface area contributed by atoms with Gasteiger partial charge in [0.05, 0.1) is 13.2 Å². The van der Waals surface area contributed by atoms with E-state index in [2.05, 4.69) is 4.98 Å². The van der Waals surface area contributed by atoms with E-state index in [0.29, 0.717) is 32.1 Å². The average Bonchev–Trinajstić information content (AvgIpc) is 3.04. The smallest absolute Gasteiger partial charge is 0.410 e. The van der Waals surface area contributed by atoms with E-state index >= 15 is 0 Å². The Morgan fingerprint density at radius 1 is 1.17 bits per heavy atom. The molecule has 0 radical (unpaired) electrons. The molecule has 1 aromatic carbocycles. The summed E-state index contributed by atoms with van der Waals surface area (Å²) < 4.78 is 12.1. The number of esters is 1. The molecular formula is C17H19N3O4. The molecule has 0 N–H and O–H groups in total. The van der Waals surface area contributed by atoms with Crippen molar-refractivity contribution < 1.29 is 19.1 Å². The van der Waals surface area contributed by atoms with Gasteiger partial charge in [-0.05, 0) is 12.5 Å². The normalized spacial score (nSPS) is 13.3. The van der Waals surface area contributed by atoms with Crippen molar-refractivity contribution in [2.45, 2.75) is 26.6 Å². The van der Waals surface area contributed by atoms with E-state index in [1.165, 1.54) is 0 Å². The van der Waals surface area contributed by atoms with Crippen molar-refractivity contribution in [3.05, 3.63) is 53.6 Å². The molecule has 0 fully saturated rings. The number of carbonyl (C=O) groups excluding carboxylic acids is 2. The summed E-state index contributed by atoms with van der Waals surface area (Å²) in [6.07, 6.45) is 1.28. The van der Waals surface area contributed by atoms with Gasteiger partial charge < -0.3 is 14.0 Å². The Hall–Kier alpha value is -2.83. The minimum absolute atomic E-state index is 0.235. The number of hydrogen-bond donors (Lipinski definition) is 0. The predicted octanol–water partition coefficient (Wildman–Crippen LogP) is 2.21. The fourth-order valence-corrected chi connectivity index (χ4v) is 2.52. The summed E-state index contributed by atoms with van der Waals surface area (Å²) in [6.45, 7) is 3.68. The van der Waals surface area contributed by atoms with Crippen LogP contribution in [0.25, 0.3) is 0 Å². The van der Waals surface area contributed by atoms with Crippen LogP contribution in [-0.2, 0) is 29.2 Å². The van der Waals surface area contributed by atoms with Crippen LogP contribution in [0, 0.1) is 0 Å². The van der Waals surface area contributed by atoms with Gasteiger partial charge in [0.25, 0.3) is 0 Å². The molecule has 7 heteroatoms. The number of fused-ring (bicyclic) bond motifs is 1. The molecule has 0 saturated heterocycles. The fraction of sp³-hybridized carbons (Fsp3) is 0.353. The molecule has 1 aliphatic rings. The molecule has 24 heavy (non-hydrogen) atoms. The molecule has 7 nitrogen and oxygen atoms in total. The van der Waals surface area contributed by atoms with Crippen LogP contribution in [0.4, 0.5) is 4.79 Å². The van der Waals surface area contributed by atoms with Crippen molar-refractivity contribution in [2.24, 2.45) is 0 Å². The summed E-state index contributed by atoms with van der Waals surface area (Å²) in [7, 11) is 0. The van der Waals surface area contributed by atoms with Gasteiger partial charge >= 0.3 is 12.1 Å². The number of ether oxygens (including phenoxy) is 2. The van der Waals surface area contributed by atoms with Crippen LogP contribution in [0.2, 0.25) is 0 Å². The molecule has 2 aromatic rings. The van der Waals surface area contributed by atoms with Gasteiger partial charge in [-0.15, -0.1) is 0 Å². The van der Waals surface area contributed by atoms with Gasteiger partial charge in [0.1, 0.15) is 12.4 Å². The molecule has 0 saturated carbocycles. The van der Waals surface area contributed by atoms with Crippen LogP contribution in [0.3, 0.4) is 0 Å². The number of carbonyl (C=O) groups is 2. The van der Waals surface area contributed by atoms with Gasteiger partial charge in [0, 0.05) is 19.3 Å². The molecule has 0 unspecified atom stereocenters. The first-order chi connectivity index (χ1) is 11.7. The second-order valence-corrected chi connectivity index (χ2v) is 5.42. The zero-order valence-electron chi connectivity index (χ0n) is 13.5. The first kappa shape index (κ1) is 16.0. The van der Waals surface area contributed by atoms with E-state index in [4.69, 9.17) is 9.47 Å². The summed E-state index contributed by atoms with van der Waals surface area (Å²) >= 11 is 0. The number of benzene rings is 1. The molecule has 2 heterocycles. The van der Waals surface area contributed by atoms with Crippen LogP contribution in [0.5, 0.6) is 0 Å². The number of amides is 1. The molecule has 3 rings (SSSR count). The van der Waals surface area contributed by atoms with E-state index in [0.717, 1.165) is 5.56 Å². The van der Waals surface area contributed by atoms with Gasteiger partial charge in [0.2, 0.25) is 0 Å². The van der Waals surface area contributed by atoms with Crippen molar-refractivity contribution >= 4 is 12.1 Å². The largest absolute Gasteiger partial charge is 0.461 e. The minimum atomic E-state index is -0.447. The lowest BCUT2D eigenvalue weighted by atomic mass is 10.2. The zero-order chi connectivity index (χ0) is 16.9. The Labute approximate surface area is 139 Å². The van der Waals surface area contributed by atoms with Crippen molar-refractivity contribution in [2.75, 3.05) is 13.2 Å². The highest BCUT2D eigenvalue weighted by molar-refractivity contribution is 5.87. The minimum Gasteiger partial charge on any atom is -0.461 e. The lowest BCUT2D eigenvalue weighted by Gasteiger charge is -2.26. The van der Waals surface area contributed by atoms with Crippen molar-refractivity contribution in [1.29, 1.82) is 0 Å². The Kier molecular flexibility index (Phi) is 4.79. The van der Waals surface area contributed by atoms with Crippen LogP contribution in [0.15, 0.2) is 36.5 Å². The average molecular weight is 329 g/mol. The lowest BCUT2D eigenvalue weighted by molar-refractivity contribution is 0.0520. The molecule has 126 valence electrons. The van der Waals surface area contributed by atoms with Gasteiger partial charge in [-0.3, -0.25) is 4.90 Å². The topological polar surface area (TPSA) is 73.7 Å². The molecule has 1 amide bonds. The van der Waals surface area contributed by atoms with Gasteiger partial charge in [-0.2, -0.15) is 0 Å². The predicted molar refractivity (Wildman–Crippen MR) is 85.2 cm³/mol. The Morgan fingerprint density at radius 2 is 1.96 bits per heavy atom. The van der Waals surface area contributed by atoms with Crippen LogP contribution in [-0.4, -0.2) is 39.7 Å². The second kappa shape index (κ2) is 7.16. The highest BCUT2D eigenvalue weighted by Crippen LogP contribution is 2.15. The van der Waals surface area contributed by atoms with Gasteiger partial charge in [-0.1, -0.05) is 30.3 Å². The number of rotatable bonds is 4. The molecule has 0 aliphatic carbocycles. The Balaban J connectivity index is 1.60. The highest BCUT2D eigenvalue weighted by Gasteiger charge is 2.25. The summed E-state index contributed by atoms with van der Waals surface area (Å²) in [5.74, 6) is 0.207. The number of imidazole rings is 1. The maximum atomic E-state index is 12.2. The molecule has 1 aliphatic heterocycles. The van der Waals surface area contributed by atoms with E-state index in [1.54, 1.807) is 18.0 Å². The third-order valence-corrected chi connectivity index (χ3v) is 3.75. The molecule has 0 bridgehead atoms. The van der Waals surface area contributed by atoms with Crippen LogP contribution < -0.4 is 0 Å². The van der Waals surface area contributed by atoms with Crippen molar-refractivity contribution in [1.82, 2.24) is 14.5 Å². The van der Waals surface area contributed by atoms with Crippen molar-refractivity contribution in [3.63, 3.8) is 0 Å². The molecular weight excluding hydrogens is 310 g/mol. The lowest BCUT2D eigenvalue weighted by Crippen LogP contribution is -2.38. The zero-order valence-corrected chi connectivity index (χ0v) is 13.5. The van der Waals surface area contributed by atoms with Gasteiger partial charge in [0.15, 0.2) is 5.69 Å². The first-order valence-electron chi connectivity index (χ1n) is 7.86. The van der Waals surface area contributed by atoms with E-state index in [-0.39, 0.29) is 18.4 Å².